The third kappa shape index (κ3) is 5.29. The largest absolute Gasteiger partial charge is 0.443 e. The van der Waals surface area contributed by atoms with Crippen LogP contribution in [0.25, 0.3) is 0 Å². The average molecular weight is 353 g/mol. The second kappa shape index (κ2) is 8.47. The van der Waals surface area contributed by atoms with E-state index in [1.54, 1.807) is 22.9 Å². The van der Waals surface area contributed by atoms with E-state index in [1.165, 1.54) is 0 Å². The maximum Gasteiger partial charge on any atom is 0.412 e. The Kier molecular flexibility index (Phi) is 6.58. The fourth-order valence-corrected chi connectivity index (χ4v) is 2.93. The summed E-state index contributed by atoms with van der Waals surface area (Å²) in [5.41, 5.74) is -0.656. The van der Waals surface area contributed by atoms with Crippen molar-refractivity contribution in [2.75, 3.05) is 31.6 Å². The monoisotopic (exact) mass is 353 g/mol. The van der Waals surface area contributed by atoms with Crippen molar-refractivity contribution >= 4 is 11.8 Å². The molecule has 2 heterocycles. The highest BCUT2D eigenvalue weighted by Crippen LogP contribution is 2.21. The van der Waals surface area contributed by atoms with Gasteiger partial charge in [-0.25, -0.2) is 9.18 Å². The predicted molar refractivity (Wildman–Crippen MR) is 95.9 cm³/mol. The first-order valence-corrected chi connectivity index (χ1v) is 8.85. The topological polar surface area (TPSA) is 63.6 Å². The van der Waals surface area contributed by atoms with Crippen LogP contribution in [0.4, 0.5) is 14.9 Å². The van der Waals surface area contributed by atoms with Gasteiger partial charge in [-0.15, -0.1) is 0 Å². The molecule has 0 saturated carbocycles. The van der Waals surface area contributed by atoms with Crippen LogP contribution in [-0.4, -0.2) is 47.5 Å². The van der Waals surface area contributed by atoms with Crippen LogP contribution in [0.2, 0.25) is 0 Å². The van der Waals surface area contributed by atoms with Gasteiger partial charge in [0.25, 0.3) is 5.56 Å². The minimum absolute atomic E-state index is 0.0161. The van der Waals surface area contributed by atoms with Crippen molar-refractivity contribution in [3.8, 4) is 0 Å². The smallest absolute Gasteiger partial charge is 0.412 e. The van der Waals surface area contributed by atoms with Gasteiger partial charge >= 0.3 is 6.09 Å². The molecule has 0 spiro atoms. The van der Waals surface area contributed by atoms with Gasteiger partial charge in [-0.2, -0.15) is 0 Å². The van der Waals surface area contributed by atoms with E-state index >= 15 is 0 Å². The lowest BCUT2D eigenvalue weighted by Crippen LogP contribution is -2.41. The molecule has 1 aliphatic rings. The number of carbonyl (C=O) groups excluding carboxylic acids is 1. The van der Waals surface area contributed by atoms with E-state index in [4.69, 9.17) is 4.74 Å². The number of ether oxygens (including phenoxy) is 1. The maximum atomic E-state index is 12.7. The lowest BCUT2D eigenvalue weighted by molar-refractivity contribution is 0.0461. The second-order valence-electron chi connectivity index (χ2n) is 7.05. The van der Waals surface area contributed by atoms with Gasteiger partial charge in [-0.1, -0.05) is 6.92 Å². The molecule has 0 bridgehead atoms. The number of carbonyl (C=O) groups is 1. The number of likely N-dealkylation sites (tertiary alicyclic amines) is 1. The highest BCUT2D eigenvalue weighted by Gasteiger charge is 2.24. The Balaban J connectivity index is 2.11. The van der Waals surface area contributed by atoms with Crippen LogP contribution < -0.4 is 10.9 Å². The van der Waals surface area contributed by atoms with Gasteiger partial charge in [-0.3, -0.25) is 15.0 Å². The Hall–Kier alpha value is -1.89. The third-order valence-corrected chi connectivity index (χ3v) is 4.71. The van der Waals surface area contributed by atoms with E-state index in [2.05, 4.69) is 5.32 Å². The van der Waals surface area contributed by atoms with E-state index < -0.39 is 11.7 Å². The first-order chi connectivity index (χ1) is 11.9. The van der Waals surface area contributed by atoms with Crippen LogP contribution in [0.15, 0.2) is 23.1 Å². The van der Waals surface area contributed by atoms with Crippen molar-refractivity contribution in [3.05, 3.63) is 28.7 Å². The maximum absolute atomic E-state index is 12.7. The summed E-state index contributed by atoms with van der Waals surface area (Å²) in [5.74, 6) is 0. The molecule has 1 amide bonds. The van der Waals surface area contributed by atoms with Crippen LogP contribution in [0, 0.1) is 0 Å². The minimum atomic E-state index is -0.635. The highest BCUT2D eigenvalue weighted by molar-refractivity contribution is 5.84. The third-order valence-electron chi connectivity index (χ3n) is 4.71. The summed E-state index contributed by atoms with van der Waals surface area (Å²) in [5, 5.41) is 2.55. The summed E-state index contributed by atoms with van der Waals surface area (Å²) < 4.78 is 19.5. The molecule has 6 nitrogen and oxygen atoms in total. The molecule has 1 fully saturated rings. The fraction of sp³-hybridized carbons (Fsp3) is 0.667. The highest BCUT2D eigenvalue weighted by atomic mass is 19.1. The van der Waals surface area contributed by atoms with Crippen molar-refractivity contribution in [2.24, 2.45) is 0 Å². The van der Waals surface area contributed by atoms with Crippen LogP contribution in [0.5, 0.6) is 0 Å². The zero-order valence-electron chi connectivity index (χ0n) is 15.3. The molecule has 140 valence electrons. The van der Waals surface area contributed by atoms with E-state index in [0.29, 0.717) is 19.5 Å². The number of alkyl halides is 1. The quantitative estimate of drug-likeness (QED) is 0.853. The van der Waals surface area contributed by atoms with E-state index in [1.807, 2.05) is 25.7 Å². The summed E-state index contributed by atoms with van der Waals surface area (Å²) in [7, 11) is 0. The average Bonchev–Trinajstić information content (AvgIpc) is 2.57. The first-order valence-electron chi connectivity index (χ1n) is 8.85. The zero-order chi connectivity index (χ0) is 18.4. The summed E-state index contributed by atoms with van der Waals surface area (Å²) >= 11 is 0. The lowest BCUT2D eigenvalue weighted by Gasteiger charge is -2.33. The molecule has 1 aliphatic heterocycles. The normalized spacial score (nSPS) is 18.8. The Morgan fingerprint density at radius 1 is 1.48 bits per heavy atom. The number of aromatic nitrogens is 1. The number of anilines is 1. The SMILES string of the molecule is CCC(C)(C)OC(=O)Nc1cccn(C2CCCN(CCF)C2)c1=O. The summed E-state index contributed by atoms with van der Waals surface area (Å²) in [4.78, 5) is 26.8. The number of amides is 1. The standard InChI is InChI=1S/C18H28FN3O3/c1-4-18(2,3)25-17(24)20-15-8-6-11-22(16(15)23)14-7-5-10-21(13-14)12-9-19/h6,8,11,14H,4-5,7,9-10,12-13H2,1-3H3,(H,20,24). The summed E-state index contributed by atoms with van der Waals surface area (Å²) in [6, 6.07) is 3.29. The van der Waals surface area contributed by atoms with Crippen molar-refractivity contribution in [3.63, 3.8) is 0 Å². The van der Waals surface area contributed by atoms with Gasteiger partial charge in [0, 0.05) is 25.3 Å². The van der Waals surface area contributed by atoms with E-state index in [-0.39, 0.29) is 24.0 Å². The zero-order valence-corrected chi connectivity index (χ0v) is 15.3. The fourth-order valence-electron chi connectivity index (χ4n) is 2.93. The number of hydrogen-bond donors (Lipinski definition) is 1. The Morgan fingerprint density at radius 3 is 2.92 bits per heavy atom. The Bertz CT molecular complexity index is 643. The molecule has 25 heavy (non-hydrogen) atoms. The molecular formula is C18H28FN3O3. The molecule has 1 atom stereocenters. The van der Waals surface area contributed by atoms with Crippen LogP contribution in [-0.2, 0) is 4.74 Å². The number of pyridine rings is 1. The van der Waals surface area contributed by atoms with Crippen LogP contribution in [0.1, 0.15) is 46.1 Å². The van der Waals surface area contributed by atoms with Gasteiger partial charge in [-0.05, 0) is 51.8 Å². The predicted octanol–water partition coefficient (Wildman–Crippen LogP) is 3.19. The number of rotatable bonds is 6. The first kappa shape index (κ1) is 19.4. The van der Waals surface area contributed by atoms with Gasteiger partial charge < -0.3 is 9.30 Å². The van der Waals surface area contributed by atoms with Gasteiger partial charge in [0.15, 0.2) is 0 Å². The minimum Gasteiger partial charge on any atom is -0.443 e. The number of nitrogens with zero attached hydrogens (tertiary/aromatic N) is 2. The molecule has 0 radical (unpaired) electrons. The molecule has 0 aromatic carbocycles. The molecule has 1 aromatic rings. The number of piperidine rings is 1. The molecule has 1 unspecified atom stereocenters. The number of nitrogens with one attached hydrogen (secondary N) is 1. The molecule has 1 aromatic heterocycles. The number of hydrogen-bond acceptors (Lipinski definition) is 4. The van der Waals surface area contributed by atoms with Crippen molar-refractivity contribution in [2.45, 2.75) is 51.7 Å². The Morgan fingerprint density at radius 2 is 2.24 bits per heavy atom. The van der Waals surface area contributed by atoms with E-state index in [9.17, 15) is 14.0 Å². The van der Waals surface area contributed by atoms with Gasteiger partial charge in [0.05, 0.1) is 0 Å². The lowest BCUT2D eigenvalue weighted by atomic mass is 10.1. The molecule has 2 rings (SSSR count). The molecule has 1 saturated heterocycles. The van der Waals surface area contributed by atoms with Gasteiger partial charge in [0.2, 0.25) is 0 Å². The van der Waals surface area contributed by atoms with Crippen molar-refractivity contribution < 1.29 is 13.9 Å². The van der Waals surface area contributed by atoms with Crippen molar-refractivity contribution in [1.29, 1.82) is 0 Å². The van der Waals surface area contributed by atoms with Crippen LogP contribution in [0.3, 0.4) is 0 Å². The molecule has 0 aliphatic carbocycles. The van der Waals surface area contributed by atoms with Crippen LogP contribution >= 0.6 is 0 Å². The summed E-state index contributed by atoms with van der Waals surface area (Å²) in [6.07, 6.45) is 3.54. The number of halogens is 1. The van der Waals surface area contributed by atoms with E-state index in [0.717, 1.165) is 19.4 Å². The molecule has 1 N–H and O–H groups in total. The van der Waals surface area contributed by atoms with Crippen molar-refractivity contribution in [1.82, 2.24) is 9.47 Å². The van der Waals surface area contributed by atoms with Gasteiger partial charge in [0.1, 0.15) is 18.0 Å². The molecule has 7 heteroatoms. The second-order valence-corrected chi connectivity index (χ2v) is 7.05. The Labute approximate surface area is 148 Å². The molecular weight excluding hydrogens is 325 g/mol. The summed E-state index contributed by atoms with van der Waals surface area (Å²) in [6.45, 7) is 7.06.